The maximum atomic E-state index is 8.64. The van der Waals surface area contributed by atoms with E-state index < -0.39 is 0 Å². The summed E-state index contributed by atoms with van der Waals surface area (Å²) in [5, 5.41) is 25.3. The van der Waals surface area contributed by atoms with Crippen LogP contribution in [0.25, 0.3) is 55.6 Å². The standard InChI is InChI=1S/C21H23N5O.C16H16IN3O.C11H19BN2O2.C2H6.CH2O3.CH4.2Cs.H/c1-11-10-22-26(5)19(11)16-8-15(18-12(2)24-27-13(18)3)9-17-20(16)25(4)21(23-17)14-6-7-14;1-8-14(9(2)21-19-8)11-6-12(17)15-13(7-11)18-16(20(15)3)10-4-5-10;1-8-7-13-14(6)9(8)12-15-10(2,3)11(4,5)16-12;1-2;2-1-4-3;;;;/h8-10,14H,6-7H2,1-5H3;6-7,10H,4-5H2,1-3H3;7H,1-6H3;1-2H3;1,3H;1H4;;;/q;;;;;;2*+1;-1/p-1. The summed E-state index contributed by atoms with van der Waals surface area (Å²) in [4.78, 5) is 21.1. The van der Waals surface area contributed by atoms with Crippen molar-refractivity contribution in [3.05, 3.63) is 85.9 Å². The molecule has 0 spiro atoms. The Morgan fingerprint density at radius 2 is 1.14 bits per heavy atom. The third-order valence-electron chi connectivity index (χ3n) is 13.6. The number of aryl methyl sites for hydroxylation is 10. The van der Waals surface area contributed by atoms with Crippen molar-refractivity contribution in [2.24, 2.45) is 28.2 Å². The summed E-state index contributed by atoms with van der Waals surface area (Å²) >= 11 is 2.40. The molecular weight excluding hydrogens is 1280 g/mol. The van der Waals surface area contributed by atoms with E-state index in [1.165, 1.54) is 51.9 Å². The van der Waals surface area contributed by atoms with Crippen LogP contribution in [0.15, 0.2) is 45.7 Å². The number of aromatic nitrogens is 10. The number of hydrogen-bond acceptors (Lipinski definition) is 13. The number of carbonyl (C=O) groups is 1. The van der Waals surface area contributed by atoms with Gasteiger partial charge in [-0.2, -0.15) is 10.2 Å². The Bertz CT molecular complexity index is 3090. The Kier molecular flexibility index (Phi) is 23.2. The predicted molar refractivity (Wildman–Crippen MR) is 285 cm³/mol. The molecule has 0 radical (unpaired) electrons. The van der Waals surface area contributed by atoms with Gasteiger partial charge in [0.15, 0.2) is 0 Å². The van der Waals surface area contributed by atoms with Crippen molar-refractivity contribution >= 4 is 63.8 Å². The predicted octanol–water partition coefficient (Wildman–Crippen LogP) is 4.00. The minimum absolute atomic E-state index is 0. The van der Waals surface area contributed by atoms with E-state index in [0.29, 0.717) is 11.8 Å². The van der Waals surface area contributed by atoms with Crippen LogP contribution < -0.4 is 149 Å². The second-order valence-corrected chi connectivity index (χ2v) is 20.3. The van der Waals surface area contributed by atoms with E-state index in [0.717, 1.165) is 84.2 Å². The molecular formula is C52H70BCs2IN10O7. The Hall–Kier alpha value is -1.53. The molecule has 7 heterocycles. The molecule has 6 aromatic heterocycles. The molecule has 0 unspecified atom stereocenters. The molecule has 2 saturated carbocycles. The first-order valence-corrected chi connectivity index (χ1v) is 24.8. The van der Waals surface area contributed by atoms with E-state index >= 15 is 0 Å². The molecule has 0 atom stereocenters. The zero-order chi connectivity index (χ0) is 51.1. The van der Waals surface area contributed by atoms with Gasteiger partial charge in [0.2, 0.25) is 0 Å². The van der Waals surface area contributed by atoms with Crippen LogP contribution in [0.2, 0.25) is 0 Å². The minimum atomic E-state index is -0.322. The van der Waals surface area contributed by atoms with Crippen LogP contribution in [0, 0.1) is 45.1 Å². The Morgan fingerprint density at radius 1 is 0.712 bits per heavy atom. The average Bonchev–Trinajstić information content (AvgIpc) is 4.10. The van der Waals surface area contributed by atoms with Gasteiger partial charge in [-0.1, -0.05) is 31.6 Å². The first-order valence-electron chi connectivity index (χ1n) is 23.8. The maximum absolute atomic E-state index is 8.64. The molecule has 382 valence electrons. The van der Waals surface area contributed by atoms with E-state index in [-0.39, 0.29) is 171 Å². The summed E-state index contributed by atoms with van der Waals surface area (Å²) in [7, 11) is 7.84. The Morgan fingerprint density at radius 3 is 1.52 bits per heavy atom. The minimum Gasteiger partial charge on any atom is -1.00 e. The summed E-state index contributed by atoms with van der Waals surface area (Å²) in [6.07, 6.45) is 8.75. The molecule has 73 heavy (non-hydrogen) atoms. The fourth-order valence-electron chi connectivity index (χ4n) is 9.14. The van der Waals surface area contributed by atoms with Crippen molar-refractivity contribution in [1.29, 1.82) is 0 Å². The van der Waals surface area contributed by atoms with Gasteiger partial charge in [-0.15, -0.1) is 0 Å². The van der Waals surface area contributed by atoms with Crippen LogP contribution in [-0.4, -0.2) is 73.8 Å². The SMILES string of the molecule is C.CC.Cc1cnn(C)c1-c1cc(-c2c(C)noc2C)cc2nc(C3CC3)n(C)c12.Cc1cnn(C)c1B1OC(C)(C)C(C)(C)O1.Cc1noc(C)c1-c1cc(I)c2c(c1)nc(C1CC1)n2C.O=CO[O-].[Cs+].[Cs+].[H-]. The van der Waals surface area contributed by atoms with Gasteiger partial charge >= 0.3 is 145 Å². The van der Waals surface area contributed by atoms with Crippen LogP contribution in [0.3, 0.4) is 0 Å². The first kappa shape index (κ1) is 64.0. The molecule has 1 saturated heterocycles. The number of nitrogens with zero attached hydrogens (tertiary/aromatic N) is 10. The average molecular weight is 1350 g/mol. The molecule has 2 aliphatic carbocycles. The quantitative estimate of drug-likeness (QED) is 0.0733. The molecule has 21 heteroatoms. The second-order valence-electron chi connectivity index (χ2n) is 19.1. The molecule has 3 aliphatic rings. The van der Waals surface area contributed by atoms with Crippen LogP contribution in [0.1, 0.15) is 134 Å². The number of imidazole rings is 2. The second kappa shape index (κ2) is 26.4. The Labute approximate surface area is 562 Å². The van der Waals surface area contributed by atoms with Crippen LogP contribution in [0.5, 0.6) is 0 Å². The maximum Gasteiger partial charge on any atom is 1.00 e. The normalized spacial score (nSPS) is 15.0. The molecule has 0 amide bonds. The van der Waals surface area contributed by atoms with Crippen LogP contribution in [0.4, 0.5) is 0 Å². The van der Waals surface area contributed by atoms with Gasteiger partial charge in [0, 0.05) is 60.3 Å². The Balaban J connectivity index is 0.000000278. The zero-order valence-electron chi connectivity index (χ0n) is 46.3. The van der Waals surface area contributed by atoms with Crippen molar-refractivity contribution in [3.8, 4) is 33.5 Å². The zero-order valence-corrected chi connectivity index (χ0v) is 60.0. The van der Waals surface area contributed by atoms with E-state index in [4.69, 9.17) is 38.4 Å². The van der Waals surface area contributed by atoms with E-state index in [1.807, 2.05) is 84.3 Å². The fourth-order valence-corrected chi connectivity index (χ4v) is 10.1. The molecule has 0 N–H and O–H groups in total. The summed E-state index contributed by atoms with van der Waals surface area (Å²) in [6.45, 7) is 24.1. The number of benzene rings is 2. The summed E-state index contributed by atoms with van der Waals surface area (Å²) in [6, 6.07) is 8.77. The summed E-state index contributed by atoms with van der Waals surface area (Å²) < 4.78 is 32.2. The fraction of sp³-hybridized carbons (Fsp3) is 0.481. The molecule has 1 aliphatic heterocycles. The van der Waals surface area contributed by atoms with Crippen molar-refractivity contribution in [1.82, 2.24) is 49.0 Å². The third kappa shape index (κ3) is 13.5. The molecule has 8 aromatic rings. The van der Waals surface area contributed by atoms with Crippen molar-refractivity contribution < 1.29 is 173 Å². The van der Waals surface area contributed by atoms with Crippen LogP contribution in [-0.2, 0) is 47.2 Å². The number of fused-ring (bicyclic) bond motifs is 2. The number of carbonyl (C=O) groups excluding carboxylic acids is 1. The molecule has 17 nitrogen and oxygen atoms in total. The smallest absolute Gasteiger partial charge is 1.00 e. The molecule has 0 bridgehead atoms. The summed E-state index contributed by atoms with van der Waals surface area (Å²) in [5.41, 5.74) is 15.6. The van der Waals surface area contributed by atoms with Gasteiger partial charge in [-0.05, 0) is 164 Å². The molecule has 3 fully saturated rings. The first-order chi connectivity index (χ1) is 33.2. The van der Waals surface area contributed by atoms with Gasteiger partial charge in [0.25, 0.3) is 6.47 Å². The van der Waals surface area contributed by atoms with Crippen molar-refractivity contribution in [2.75, 3.05) is 0 Å². The van der Waals surface area contributed by atoms with Gasteiger partial charge in [0.1, 0.15) is 23.2 Å². The summed E-state index contributed by atoms with van der Waals surface area (Å²) in [5.74, 6) is 5.34. The number of halogens is 1. The van der Waals surface area contributed by atoms with Gasteiger partial charge in [-0.3, -0.25) is 14.2 Å². The van der Waals surface area contributed by atoms with Gasteiger partial charge in [-0.25, -0.2) is 9.97 Å². The molecule has 2 aromatic carbocycles. The van der Waals surface area contributed by atoms with E-state index in [9.17, 15) is 0 Å². The van der Waals surface area contributed by atoms with Gasteiger partial charge < -0.3 is 39.1 Å². The molecule has 11 rings (SSSR count). The van der Waals surface area contributed by atoms with Crippen molar-refractivity contribution in [2.45, 2.75) is 139 Å². The number of rotatable bonds is 7. The van der Waals surface area contributed by atoms with Crippen molar-refractivity contribution in [3.63, 3.8) is 0 Å². The topological polar surface area (TPSA) is 191 Å². The number of hydrogen-bond donors (Lipinski definition) is 0. The van der Waals surface area contributed by atoms with E-state index in [2.05, 4.69) is 130 Å². The largest absolute Gasteiger partial charge is 1.00 e. The monoisotopic (exact) mass is 1350 g/mol. The third-order valence-corrected chi connectivity index (χ3v) is 14.4. The van der Waals surface area contributed by atoms with Crippen LogP contribution >= 0.6 is 22.6 Å². The van der Waals surface area contributed by atoms with E-state index in [1.54, 1.807) is 0 Å². The van der Waals surface area contributed by atoms with Gasteiger partial charge in [0.05, 0.1) is 68.3 Å².